The van der Waals surface area contributed by atoms with E-state index in [4.69, 9.17) is 25.5 Å². The predicted molar refractivity (Wildman–Crippen MR) is 143 cm³/mol. The molecule has 2 aromatic heterocycles. The highest BCUT2D eigenvalue weighted by Gasteiger charge is 2.14. The SMILES string of the molecule is Cc1nn(C)c(Oc2ccc(F)cc2)c1C=NCCCCCCOc1cc2oc(=O)cc(C)c2cc1Cl. The number of benzene rings is 2. The predicted octanol–water partition coefficient (Wildman–Crippen LogP) is 6.79. The van der Waals surface area contributed by atoms with Crippen molar-refractivity contribution < 1.29 is 18.3 Å². The normalized spacial score (nSPS) is 11.5. The molecule has 9 heteroatoms. The van der Waals surface area contributed by atoms with Crippen LogP contribution in [0.4, 0.5) is 4.39 Å². The van der Waals surface area contributed by atoms with Crippen LogP contribution < -0.4 is 15.1 Å². The summed E-state index contributed by atoms with van der Waals surface area (Å²) in [6, 6.07) is 10.8. The Morgan fingerprint density at radius 2 is 1.86 bits per heavy atom. The fourth-order valence-electron chi connectivity index (χ4n) is 3.96. The maximum Gasteiger partial charge on any atom is 0.336 e. The van der Waals surface area contributed by atoms with Crippen LogP contribution in [0.1, 0.15) is 42.5 Å². The smallest absolute Gasteiger partial charge is 0.336 e. The molecular weight excluding hydrogens is 497 g/mol. The zero-order chi connectivity index (χ0) is 26.4. The van der Waals surface area contributed by atoms with Crippen molar-refractivity contribution in [3.05, 3.63) is 80.5 Å². The largest absolute Gasteiger partial charge is 0.492 e. The summed E-state index contributed by atoms with van der Waals surface area (Å²) in [7, 11) is 1.80. The fourth-order valence-corrected chi connectivity index (χ4v) is 4.18. The van der Waals surface area contributed by atoms with Gasteiger partial charge in [0.05, 0.1) is 22.9 Å². The van der Waals surface area contributed by atoms with E-state index in [-0.39, 0.29) is 5.82 Å². The molecule has 0 saturated heterocycles. The monoisotopic (exact) mass is 525 g/mol. The molecule has 0 aliphatic heterocycles. The first kappa shape index (κ1) is 26.4. The molecule has 37 heavy (non-hydrogen) atoms. The van der Waals surface area contributed by atoms with Crippen molar-refractivity contribution in [2.45, 2.75) is 39.5 Å². The first-order valence-corrected chi connectivity index (χ1v) is 12.5. The first-order valence-electron chi connectivity index (χ1n) is 12.2. The lowest BCUT2D eigenvalue weighted by molar-refractivity contribution is 0.305. The minimum atomic E-state index is -0.392. The highest BCUT2D eigenvalue weighted by atomic mass is 35.5. The quantitative estimate of drug-likeness (QED) is 0.122. The Morgan fingerprint density at radius 3 is 2.65 bits per heavy atom. The Balaban J connectivity index is 1.21. The lowest BCUT2D eigenvalue weighted by Gasteiger charge is -2.09. The third kappa shape index (κ3) is 6.77. The van der Waals surface area contributed by atoms with E-state index in [1.54, 1.807) is 42.2 Å². The minimum Gasteiger partial charge on any atom is -0.492 e. The van der Waals surface area contributed by atoms with E-state index in [9.17, 15) is 9.18 Å². The molecular formula is C28H29ClFN3O4. The maximum absolute atomic E-state index is 13.2. The molecule has 0 aliphatic rings. The fraction of sp³-hybridized carbons (Fsp3) is 0.321. The van der Waals surface area contributed by atoms with Crippen molar-refractivity contribution >= 4 is 28.8 Å². The van der Waals surface area contributed by atoms with Crippen LogP contribution in [-0.4, -0.2) is 29.1 Å². The standard InChI is InChI=1S/C28H29ClFN3O4/c1-18-14-27(34)37-25-16-26(24(29)15-22(18)25)35-13-7-5-4-6-12-31-17-23-19(2)32-33(3)28(23)36-21-10-8-20(30)9-11-21/h8-11,14-17H,4-7,12-13H2,1-3H3. The second-order valence-electron chi connectivity index (χ2n) is 8.81. The number of nitrogens with zero attached hydrogens (tertiary/aromatic N) is 3. The Labute approximate surface area is 219 Å². The van der Waals surface area contributed by atoms with E-state index < -0.39 is 5.63 Å². The van der Waals surface area contributed by atoms with Gasteiger partial charge in [0.1, 0.15) is 22.9 Å². The van der Waals surface area contributed by atoms with Gasteiger partial charge >= 0.3 is 5.63 Å². The van der Waals surface area contributed by atoms with E-state index in [1.807, 2.05) is 13.8 Å². The van der Waals surface area contributed by atoms with Crippen LogP contribution in [-0.2, 0) is 7.05 Å². The Bertz CT molecular complexity index is 1460. The number of unbranched alkanes of at least 4 members (excludes halogenated alkanes) is 3. The molecule has 0 amide bonds. The summed E-state index contributed by atoms with van der Waals surface area (Å²) in [5.74, 6) is 1.29. The third-order valence-corrected chi connectivity index (χ3v) is 6.20. The number of aliphatic imine (C=N–C) groups is 1. The lowest BCUT2D eigenvalue weighted by atomic mass is 10.1. The number of ether oxygens (including phenoxy) is 2. The van der Waals surface area contributed by atoms with Gasteiger partial charge in [-0.2, -0.15) is 5.10 Å². The molecule has 0 unspecified atom stereocenters. The molecule has 0 radical (unpaired) electrons. The lowest BCUT2D eigenvalue weighted by Crippen LogP contribution is -2.01. The number of rotatable bonds is 11. The average Bonchev–Trinajstić information content (AvgIpc) is 3.12. The Morgan fingerprint density at radius 1 is 1.11 bits per heavy atom. The summed E-state index contributed by atoms with van der Waals surface area (Å²) in [5, 5.41) is 5.70. The summed E-state index contributed by atoms with van der Waals surface area (Å²) in [4.78, 5) is 16.2. The van der Waals surface area contributed by atoms with Gasteiger partial charge in [0, 0.05) is 37.3 Å². The Hall–Kier alpha value is -3.65. The number of fused-ring (bicyclic) bond motifs is 1. The van der Waals surface area contributed by atoms with Gasteiger partial charge < -0.3 is 13.9 Å². The van der Waals surface area contributed by atoms with Crippen LogP contribution in [0.3, 0.4) is 0 Å². The van der Waals surface area contributed by atoms with Crippen LogP contribution in [0, 0.1) is 19.7 Å². The molecule has 0 aliphatic carbocycles. The minimum absolute atomic E-state index is 0.315. The highest BCUT2D eigenvalue weighted by molar-refractivity contribution is 6.32. The van der Waals surface area contributed by atoms with E-state index in [1.165, 1.54) is 18.2 Å². The van der Waals surface area contributed by atoms with Gasteiger partial charge in [-0.15, -0.1) is 0 Å². The second-order valence-corrected chi connectivity index (χ2v) is 9.22. The van der Waals surface area contributed by atoms with Crippen LogP contribution in [0.2, 0.25) is 5.02 Å². The molecule has 7 nitrogen and oxygen atoms in total. The number of hydrogen-bond acceptors (Lipinski definition) is 6. The maximum atomic E-state index is 13.2. The zero-order valence-electron chi connectivity index (χ0n) is 21.1. The van der Waals surface area contributed by atoms with Crippen molar-refractivity contribution in [2.24, 2.45) is 12.0 Å². The molecule has 4 rings (SSSR count). The number of aryl methyl sites for hydroxylation is 3. The van der Waals surface area contributed by atoms with Crippen molar-refractivity contribution in [1.82, 2.24) is 9.78 Å². The van der Waals surface area contributed by atoms with E-state index >= 15 is 0 Å². The van der Waals surface area contributed by atoms with Crippen molar-refractivity contribution in [3.8, 4) is 17.4 Å². The summed E-state index contributed by atoms with van der Waals surface area (Å²) in [6.45, 7) is 4.94. The zero-order valence-corrected chi connectivity index (χ0v) is 21.8. The third-order valence-electron chi connectivity index (χ3n) is 5.91. The molecule has 194 valence electrons. The number of hydrogen-bond donors (Lipinski definition) is 0. The van der Waals surface area contributed by atoms with Crippen LogP contribution in [0.25, 0.3) is 11.0 Å². The van der Waals surface area contributed by atoms with Gasteiger partial charge in [0.15, 0.2) is 0 Å². The van der Waals surface area contributed by atoms with Gasteiger partial charge in [-0.1, -0.05) is 18.0 Å². The molecule has 0 N–H and O–H groups in total. The van der Waals surface area contributed by atoms with E-state index in [2.05, 4.69) is 10.1 Å². The number of halogens is 2. The highest BCUT2D eigenvalue weighted by Crippen LogP contribution is 2.31. The van der Waals surface area contributed by atoms with Gasteiger partial charge in [-0.3, -0.25) is 4.99 Å². The van der Waals surface area contributed by atoms with Crippen LogP contribution >= 0.6 is 11.6 Å². The van der Waals surface area contributed by atoms with Gasteiger partial charge in [0.25, 0.3) is 0 Å². The molecule has 0 atom stereocenters. The summed E-state index contributed by atoms with van der Waals surface area (Å²) < 4.78 is 31.8. The molecule has 0 spiro atoms. The summed E-state index contributed by atoms with van der Waals surface area (Å²) >= 11 is 6.35. The van der Waals surface area contributed by atoms with Crippen molar-refractivity contribution in [2.75, 3.05) is 13.2 Å². The Kier molecular flexibility index (Phi) is 8.61. The van der Waals surface area contributed by atoms with Crippen LogP contribution in [0.15, 0.2) is 56.7 Å². The van der Waals surface area contributed by atoms with Gasteiger partial charge in [-0.25, -0.2) is 13.9 Å². The number of aromatic nitrogens is 2. The average molecular weight is 526 g/mol. The molecule has 0 saturated carbocycles. The molecule has 2 heterocycles. The van der Waals surface area contributed by atoms with Gasteiger partial charge in [0.2, 0.25) is 5.88 Å². The summed E-state index contributed by atoms with van der Waals surface area (Å²) in [6.07, 6.45) is 5.58. The molecule has 4 aromatic rings. The van der Waals surface area contributed by atoms with Crippen LogP contribution in [0.5, 0.6) is 17.4 Å². The molecule has 0 fully saturated rings. The first-order chi connectivity index (χ1) is 17.8. The topological polar surface area (TPSA) is 78.8 Å². The van der Waals surface area contributed by atoms with Crippen molar-refractivity contribution in [1.29, 1.82) is 0 Å². The molecule has 2 aromatic carbocycles. The van der Waals surface area contributed by atoms with E-state index in [0.717, 1.165) is 47.9 Å². The van der Waals surface area contributed by atoms with Crippen molar-refractivity contribution in [3.63, 3.8) is 0 Å². The summed E-state index contributed by atoms with van der Waals surface area (Å²) in [5.41, 5.74) is 2.51. The second kappa shape index (κ2) is 12.1. The van der Waals surface area contributed by atoms with Gasteiger partial charge in [-0.05, 0) is 69.0 Å². The van der Waals surface area contributed by atoms with E-state index in [0.29, 0.717) is 41.1 Å². The molecule has 0 bridgehead atoms.